The quantitative estimate of drug-likeness (QED) is 0.840. The molecule has 0 saturated heterocycles. The molecule has 2 rings (SSSR count). The third-order valence-electron chi connectivity index (χ3n) is 2.76. The summed E-state index contributed by atoms with van der Waals surface area (Å²) in [6, 6.07) is 13.2. The molecule has 3 heteroatoms. The van der Waals surface area contributed by atoms with Crippen LogP contribution in [0.2, 0.25) is 0 Å². The fourth-order valence-corrected chi connectivity index (χ4v) is 2.93. The summed E-state index contributed by atoms with van der Waals surface area (Å²) in [7, 11) is 0. The number of benzene rings is 1. The van der Waals surface area contributed by atoms with Crippen LogP contribution in [-0.4, -0.2) is 0 Å². The van der Waals surface area contributed by atoms with Gasteiger partial charge >= 0.3 is 0 Å². The average molecular weight is 310 g/mol. The first-order valence-electron chi connectivity index (χ1n) is 5.81. The zero-order chi connectivity index (χ0) is 12.1. The van der Waals surface area contributed by atoms with E-state index in [0.717, 1.165) is 17.4 Å². The molecule has 0 amide bonds. The van der Waals surface area contributed by atoms with Crippen molar-refractivity contribution in [3.8, 4) is 0 Å². The van der Waals surface area contributed by atoms with E-state index in [9.17, 15) is 0 Å². The van der Waals surface area contributed by atoms with Crippen LogP contribution in [0, 0.1) is 0 Å². The molecule has 0 aliphatic heterocycles. The Kier molecular flexibility index (Phi) is 4.77. The second-order valence-corrected chi connectivity index (χ2v) is 5.92. The Morgan fingerprint density at radius 2 is 2.18 bits per heavy atom. The summed E-state index contributed by atoms with van der Waals surface area (Å²) in [6.45, 7) is 3.16. The fourth-order valence-electron chi connectivity index (χ4n) is 1.86. The number of rotatable bonds is 5. The molecule has 0 aliphatic rings. The Hall–Kier alpha value is -0.640. The summed E-state index contributed by atoms with van der Waals surface area (Å²) in [4.78, 5) is 1.39. The molecule has 0 aliphatic carbocycles. The molecule has 1 atom stereocenters. The topological polar surface area (TPSA) is 12.0 Å². The van der Waals surface area contributed by atoms with E-state index in [-0.39, 0.29) is 0 Å². The van der Waals surface area contributed by atoms with Crippen molar-refractivity contribution >= 4 is 27.3 Å². The smallest absolute Gasteiger partial charge is 0.0321 e. The van der Waals surface area contributed by atoms with Gasteiger partial charge in [0.1, 0.15) is 0 Å². The summed E-state index contributed by atoms with van der Waals surface area (Å²) < 4.78 is 1.14. The zero-order valence-corrected chi connectivity index (χ0v) is 12.2. The maximum atomic E-state index is 3.60. The van der Waals surface area contributed by atoms with Crippen LogP contribution >= 0.6 is 27.3 Å². The van der Waals surface area contributed by atoms with E-state index in [1.807, 2.05) is 0 Å². The van der Waals surface area contributed by atoms with Gasteiger partial charge in [-0.2, -0.15) is 0 Å². The lowest BCUT2D eigenvalue weighted by atomic mass is 10.0. The molecule has 0 radical (unpaired) electrons. The molecule has 1 aromatic heterocycles. The van der Waals surface area contributed by atoms with Crippen molar-refractivity contribution in [3.63, 3.8) is 0 Å². The van der Waals surface area contributed by atoms with Gasteiger partial charge < -0.3 is 5.32 Å². The molecule has 17 heavy (non-hydrogen) atoms. The highest BCUT2D eigenvalue weighted by molar-refractivity contribution is 9.10. The van der Waals surface area contributed by atoms with Crippen LogP contribution in [0.25, 0.3) is 0 Å². The first kappa shape index (κ1) is 12.8. The van der Waals surface area contributed by atoms with Gasteiger partial charge in [-0.25, -0.2) is 0 Å². The summed E-state index contributed by atoms with van der Waals surface area (Å²) >= 11 is 5.33. The second-order valence-electron chi connectivity index (χ2n) is 3.98. The van der Waals surface area contributed by atoms with Gasteiger partial charge in [0.2, 0.25) is 0 Å². The number of halogens is 1. The molecule has 0 spiro atoms. The molecular weight excluding hydrogens is 294 g/mol. The zero-order valence-electron chi connectivity index (χ0n) is 9.82. The lowest BCUT2D eigenvalue weighted by Gasteiger charge is -2.17. The Morgan fingerprint density at radius 3 is 2.82 bits per heavy atom. The molecule has 90 valence electrons. The highest BCUT2D eigenvalue weighted by Crippen LogP contribution is 2.21. The number of thiophene rings is 1. The van der Waals surface area contributed by atoms with E-state index in [0.29, 0.717) is 6.04 Å². The van der Waals surface area contributed by atoms with Crippen LogP contribution in [0.5, 0.6) is 0 Å². The van der Waals surface area contributed by atoms with E-state index in [4.69, 9.17) is 0 Å². The van der Waals surface area contributed by atoms with Gasteiger partial charge in [-0.3, -0.25) is 0 Å². The van der Waals surface area contributed by atoms with Crippen molar-refractivity contribution in [2.75, 3.05) is 0 Å². The lowest BCUT2D eigenvalue weighted by molar-refractivity contribution is 0.522. The van der Waals surface area contributed by atoms with Crippen molar-refractivity contribution in [2.45, 2.75) is 25.9 Å². The molecule has 1 nitrogen and oxygen atoms in total. The molecule has 1 heterocycles. The van der Waals surface area contributed by atoms with Gasteiger partial charge in [-0.15, -0.1) is 11.3 Å². The van der Waals surface area contributed by atoms with Crippen LogP contribution in [0.3, 0.4) is 0 Å². The Labute approximate surface area is 115 Å². The molecule has 2 aromatic rings. The molecule has 1 unspecified atom stereocenters. The average Bonchev–Trinajstić information content (AvgIpc) is 2.83. The van der Waals surface area contributed by atoms with Crippen LogP contribution in [0.1, 0.15) is 29.8 Å². The van der Waals surface area contributed by atoms with Gasteiger partial charge in [0, 0.05) is 21.9 Å². The molecule has 1 N–H and O–H groups in total. The Morgan fingerprint density at radius 1 is 1.29 bits per heavy atom. The monoisotopic (exact) mass is 309 g/mol. The molecule has 0 saturated carbocycles. The first-order chi connectivity index (χ1) is 8.29. The normalized spacial score (nSPS) is 12.6. The van der Waals surface area contributed by atoms with Crippen LogP contribution in [0.15, 0.2) is 46.3 Å². The van der Waals surface area contributed by atoms with Crippen LogP contribution < -0.4 is 5.32 Å². The van der Waals surface area contributed by atoms with Crippen molar-refractivity contribution in [1.29, 1.82) is 0 Å². The van der Waals surface area contributed by atoms with E-state index in [1.54, 1.807) is 11.3 Å². The third kappa shape index (κ3) is 3.66. The van der Waals surface area contributed by atoms with Gasteiger partial charge in [0.25, 0.3) is 0 Å². The van der Waals surface area contributed by atoms with Gasteiger partial charge in [-0.1, -0.05) is 41.1 Å². The standard InChI is InChI=1S/C14H16BrNS/c1-2-14(11-5-3-6-12(15)9-11)16-10-13-7-4-8-17-13/h3-9,14,16H,2,10H2,1H3. The van der Waals surface area contributed by atoms with Gasteiger partial charge in [0.15, 0.2) is 0 Å². The summed E-state index contributed by atoms with van der Waals surface area (Å²) in [5.74, 6) is 0. The van der Waals surface area contributed by atoms with E-state index >= 15 is 0 Å². The number of hydrogen-bond acceptors (Lipinski definition) is 2. The maximum Gasteiger partial charge on any atom is 0.0321 e. The Balaban J connectivity index is 2.01. The van der Waals surface area contributed by atoms with E-state index in [1.165, 1.54) is 10.4 Å². The van der Waals surface area contributed by atoms with E-state index < -0.39 is 0 Å². The first-order valence-corrected chi connectivity index (χ1v) is 7.48. The van der Waals surface area contributed by atoms with Crippen LogP contribution in [0.4, 0.5) is 0 Å². The molecule has 1 aromatic carbocycles. The largest absolute Gasteiger partial charge is 0.305 e. The van der Waals surface area contributed by atoms with Crippen LogP contribution in [-0.2, 0) is 6.54 Å². The highest BCUT2D eigenvalue weighted by Gasteiger charge is 2.08. The molecule has 0 fully saturated rings. The fraction of sp³-hybridized carbons (Fsp3) is 0.286. The minimum atomic E-state index is 0.426. The third-order valence-corrected chi connectivity index (χ3v) is 4.13. The second kappa shape index (κ2) is 6.34. The predicted octanol–water partition coefficient (Wildman–Crippen LogP) is 4.75. The minimum absolute atomic E-state index is 0.426. The number of hydrogen-bond donors (Lipinski definition) is 1. The summed E-state index contributed by atoms with van der Waals surface area (Å²) in [6.07, 6.45) is 1.10. The SMILES string of the molecule is CCC(NCc1cccs1)c1cccc(Br)c1. The lowest BCUT2D eigenvalue weighted by Crippen LogP contribution is -2.19. The maximum absolute atomic E-state index is 3.60. The van der Waals surface area contributed by atoms with Crippen molar-refractivity contribution < 1.29 is 0 Å². The number of nitrogens with one attached hydrogen (secondary N) is 1. The van der Waals surface area contributed by atoms with Gasteiger partial charge in [0.05, 0.1) is 0 Å². The minimum Gasteiger partial charge on any atom is -0.305 e. The highest BCUT2D eigenvalue weighted by atomic mass is 79.9. The molecular formula is C14H16BrNS. The summed E-state index contributed by atoms with van der Waals surface area (Å²) in [5, 5.41) is 5.73. The molecule has 0 bridgehead atoms. The van der Waals surface area contributed by atoms with Crippen molar-refractivity contribution in [1.82, 2.24) is 5.32 Å². The van der Waals surface area contributed by atoms with Crippen molar-refractivity contribution in [2.24, 2.45) is 0 Å². The summed E-state index contributed by atoms with van der Waals surface area (Å²) in [5.41, 5.74) is 1.35. The predicted molar refractivity (Wildman–Crippen MR) is 78.3 cm³/mol. The van der Waals surface area contributed by atoms with E-state index in [2.05, 4.69) is 69.9 Å². The Bertz CT molecular complexity index is 453. The van der Waals surface area contributed by atoms with Gasteiger partial charge in [-0.05, 0) is 35.6 Å². The van der Waals surface area contributed by atoms with Crippen molar-refractivity contribution in [3.05, 3.63) is 56.7 Å².